The summed E-state index contributed by atoms with van der Waals surface area (Å²) in [6, 6.07) is 5.96. The number of aromatic nitrogens is 1. The van der Waals surface area contributed by atoms with E-state index < -0.39 is 0 Å². The van der Waals surface area contributed by atoms with Crippen LogP contribution in [-0.4, -0.2) is 75.5 Å². The highest BCUT2D eigenvalue weighted by molar-refractivity contribution is 7.09. The van der Waals surface area contributed by atoms with Crippen molar-refractivity contribution in [3.63, 3.8) is 0 Å². The number of amides is 1. The van der Waals surface area contributed by atoms with E-state index in [1.807, 2.05) is 23.1 Å². The third kappa shape index (κ3) is 4.35. The number of carbonyl (C=O) groups excluding carboxylic acids is 1. The highest BCUT2D eigenvalue weighted by Gasteiger charge is 2.26. The predicted octanol–water partition coefficient (Wildman–Crippen LogP) is 2.06. The molecule has 0 aliphatic carbocycles. The fourth-order valence-corrected chi connectivity index (χ4v) is 4.21. The zero-order valence-corrected chi connectivity index (χ0v) is 16.9. The molecule has 1 saturated heterocycles. The van der Waals surface area contributed by atoms with Crippen molar-refractivity contribution in [3.8, 4) is 17.0 Å². The van der Waals surface area contributed by atoms with Crippen LogP contribution in [0.15, 0.2) is 23.6 Å². The van der Waals surface area contributed by atoms with Crippen molar-refractivity contribution in [2.75, 3.05) is 64.6 Å². The van der Waals surface area contributed by atoms with Gasteiger partial charge < -0.3 is 19.1 Å². The maximum absolute atomic E-state index is 12.5. The van der Waals surface area contributed by atoms with Crippen molar-refractivity contribution in [1.82, 2.24) is 9.88 Å². The molecule has 2 aromatic rings. The third-order valence-electron chi connectivity index (χ3n) is 5.01. The molecule has 4 rings (SSSR count). The number of benzene rings is 1. The average Bonchev–Trinajstić information content (AvgIpc) is 3.21. The van der Waals surface area contributed by atoms with Crippen LogP contribution >= 0.6 is 11.3 Å². The molecule has 3 heterocycles. The molecule has 1 amide bonds. The fourth-order valence-electron chi connectivity index (χ4n) is 3.42. The summed E-state index contributed by atoms with van der Waals surface area (Å²) in [6.45, 7) is 5.57. The van der Waals surface area contributed by atoms with Crippen molar-refractivity contribution < 1.29 is 19.0 Å². The van der Waals surface area contributed by atoms with Crippen LogP contribution in [0.4, 0.5) is 5.69 Å². The van der Waals surface area contributed by atoms with E-state index in [1.165, 1.54) is 0 Å². The lowest BCUT2D eigenvalue weighted by Crippen LogP contribution is -2.45. The number of nitrogens with zero attached hydrogens (tertiary/aromatic N) is 3. The van der Waals surface area contributed by atoms with E-state index in [-0.39, 0.29) is 12.5 Å². The maximum atomic E-state index is 12.5. The quantitative estimate of drug-likeness (QED) is 0.705. The molecule has 0 bridgehead atoms. The first-order chi connectivity index (χ1) is 13.7. The van der Waals surface area contributed by atoms with Gasteiger partial charge in [0.2, 0.25) is 0 Å². The van der Waals surface area contributed by atoms with Gasteiger partial charge in [-0.15, -0.1) is 11.3 Å². The minimum atomic E-state index is -0.00280. The largest absolute Gasteiger partial charge is 0.482 e. The number of methoxy groups -OCH3 is 1. The van der Waals surface area contributed by atoms with Crippen LogP contribution in [0.25, 0.3) is 11.3 Å². The Labute approximate surface area is 168 Å². The Hall–Kier alpha value is -2.00. The molecular formula is C20H25N3O4S. The fraction of sp³-hybridized carbons (Fsp3) is 0.500. The van der Waals surface area contributed by atoms with Crippen molar-refractivity contribution in [1.29, 1.82) is 0 Å². The second-order valence-corrected chi connectivity index (χ2v) is 7.78. The topological polar surface area (TPSA) is 64.1 Å². The highest BCUT2D eigenvalue weighted by Crippen LogP contribution is 2.36. The second kappa shape index (κ2) is 9.00. The van der Waals surface area contributed by atoms with Gasteiger partial charge in [0.1, 0.15) is 5.75 Å². The molecule has 1 aromatic carbocycles. The first-order valence-corrected chi connectivity index (χ1v) is 10.4. The number of hydrogen-bond acceptors (Lipinski definition) is 7. The summed E-state index contributed by atoms with van der Waals surface area (Å²) in [7, 11) is 1.69. The number of morpholine rings is 1. The minimum absolute atomic E-state index is 0.00280. The van der Waals surface area contributed by atoms with Crippen LogP contribution < -0.4 is 9.64 Å². The summed E-state index contributed by atoms with van der Waals surface area (Å²) >= 11 is 1.63. The maximum Gasteiger partial charge on any atom is 0.265 e. The second-order valence-electron chi connectivity index (χ2n) is 6.84. The molecule has 28 heavy (non-hydrogen) atoms. The van der Waals surface area contributed by atoms with Crippen LogP contribution in [0.3, 0.4) is 0 Å². The molecule has 0 saturated carbocycles. The van der Waals surface area contributed by atoms with E-state index in [9.17, 15) is 4.79 Å². The molecule has 1 fully saturated rings. The molecule has 1 aromatic heterocycles. The zero-order chi connectivity index (χ0) is 19.3. The SMILES string of the molecule is COCCc1nc(-c2ccc3c(c2)N(CCN2CCOCC2)C(=O)CO3)cs1. The number of anilines is 1. The van der Waals surface area contributed by atoms with Crippen molar-refractivity contribution in [2.45, 2.75) is 6.42 Å². The normalized spacial score (nSPS) is 17.5. The lowest BCUT2D eigenvalue weighted by Gasteiger charge is -2.33. The number of ether oxygens (including phenoxy) is 3. The molecule has 2 aliphatic rings. The van der Waals surface area contributed by atoms with E-state index in [2.05, 4.69) is 10.3 Å². The van der Waals surface area contributed by atoms with Crippen molar-refractivity contribution in [2.24, 2.45) is 0 Å². The minimum Gasteiger partial charge on any atom is -0.482 e. The summed E-state index contributed by atoms with van der Waals surface area (Å²) in [5.74, 6) is 0.747. The Bertz CT molecular complexity index is 820. The van der Waals surface area contributed by atoms with E-state index >= 15 is 0 Å². The average molecular weight is 404 g/mol. The van der Waals surface area contributed by atoms with Gasteiger partial charge in [0.15, 0.2) is 6.61 Å². The highest BCUT2D eigenvalue weighted by atomic mass is 32.1. The first kappa shape index (κ1) is 19.3. The van der Waals surface area contributed by atoms with E-state index in [0.717, 1.165) is 67.0 Å². The van der Waals surface area contributed by atoms with Gasteiger partial charge in [-0.2, -0.15) is 0 Å². The molecule has 0 radical (unpaired) electrons. The third-order valence-corrected chi connectivity index (χ3v) is 5.92. The lowest BCUT2D eigenvalue weighted by molar-refractivity contribution is -0.121. The van der Waals surface area contributed by atoms with Gasteiger partial charge in [0.05, 0.1) is 36.2 Å². The van der Waals surface area contributed by atoms with Crippen molar-refractivity contribution in [3.05, 3.63) is 28.6 Å². The monoisotopic (exact) mass is 403 g/mol. The van der Waals surface area contributed by atoms with Crippen LogP contribution in [0.2, 0.25) is 0 Å². The number of thiazole rings is 1. The van der Waals surface area contributed by atoms with Crippen molar-refractivity contribution >= 4 is 22.9 Å². The summed E-state index contributed by atoms with van der Waals surface area (Å²) < 4.78 is 16.2. The van der Waals surface area contributed by atoms with Gasteiger partial charge in [-0.1, -0.05) is 0 Å². The molecule has 2 aliphatic heterocycles. The Morgan fingerprint density at radius 1 is 1.25 bits per heavy atom. The summed E-state index contributed by atoms with van der Waals surface area (Å²) in [4.78, 5) is 21.4. The standard InChI is InChI=1S/C20H25N3O4S/c1-25-9-4-19-21-16(14-28-19)15-2-3-18-17(12-15)23(20(24)13-27-18)6-5-22-7-10-26-11-8-22/h2-3,12,14H,4-11,13H2,1H3. The molecular weight excluding hydrogens is 378 g/mol. The van der Waals surface area contributed by atoms with Crippen LogP contribution in [0.5, 0.6) is 5.75 Å². The van der Waals surface area contributed by atoms with Gasteiger partial charge in [-0.05, 0) is 18.2 Å². The number of carbonyl (C=O) groups is 1. The van der Waals surface area contributed by atoms with E-state index in [0.29, 0.717) is 13.2 Å². The molecule has 0 spiro atoms. The Morgan fingerprint density at radius 2 is 2.11 bits per heavy atom. The predicted molar refractivity (Wildman–Crippen MR) is 108 cm³/mol. The van der Waals surface area contributed by atoms with Crippen LogP contribution in [0, 0.1) is 0 Å². The van der Waals surface area contributed by atoms with Gasteiger partial charge in [0.25, 0.3) is 5.91 Å². The Morgan fingerprint density at radius 3 is 2.93 bits per heavy atom. The molecule has 0 N–H and O–H groups in total. The van der Waals surface area contributed by atoms with E-state index in [4.69, 9.17) is 19.2 Å². The molecule has 0 atom stereocenters. The number of hydrogen-bond donors (Lipinski definition) is 0. The first-order valence-electron chi connectivity index (χ1n) is 9.55. The lowest BCUT2D eigenvalue weighted by atomic mass is 10.1. The smallest absolute Gasteiger partial charge is 0.265 e. The van der Waals surface area contributed by atoms with Gasteiger partial charge in [-0.3, -0.25) is 9.69 Å². The summed E-state index contributed by atoms with van der Waals surface area (Å²) in [5.41, 5.74) is 2.74. The number of rotatable bonds is 7. The van der Waals surface area contributed by atoms with Gasteiger partial charge in [-0.25, -0.2) is 4.98 Å². The summed E-state index contributed by atoms with van der Waals surface area (Å²) in [6.07, 6.45) is 0.805. The van der Waals surface area contributed by atoms with Crippen LogP contribution in [-0.2, 0) is 20.7 Å². The zero-order valence-electron chi connectivity index (χ0n) is 16.1. The summed E-state index contributed by atoms with van der Waals surface area (Å²) in [5, 5.41) is 3.10. The number of fused-ring (bicyclic) bond motifs is 1. The van der Waals surface area contributed by atoms with Gasteiger partial charge >= 0.3 is 0 Å². The Kier molecular flexibility index (Phi) is 6.21. The van der Waals surface area contributed by atoms with Gasteiger partial charge in [0, 0.05) is 50.7 Å². The molecule has 7 nitrogen and oxygen atoms in total. The molecule has 8 heteroatoms. The molecule has 150 valence electrons. The van der Waals surface area contributed by atoms with E-state index in [1.54, 1.807) is 18.4 Å². The molecule has 0 unspecified atom stereocenters. The van der Waals surface area contributed by atoms with Crippen LogP contribution in [0.1, 0.15) is 5.01 Å². The Balaban J connectivity index is 1.52.